The molecule has 0 aliphatic rings. The van der Waals surface area contributed by atoms with Crippen molar-refractivity contribution in [3.63, 3.8) is 0 Å². The maximum atomic E-state index is 11.7. The van der Waals surface area contributed by atoms with Crippen LogP contribution in [0.3, 0.4) is 0 Å². The number of nitrogens with one attached hydrogen (secondary N) is 2. The molecule has 0 radical (unpaired) electrons. The summed E-state index contributed by atoms with van der Waals surface area (Å²) in [4.78, 5) is 16.3. The molecule has 0 saturated carbocycles. The molecule has 3 rings (SSSR count). The zero-order valence-corrected chi connectivity index (χ0v) is 14.9. The molecule has 8 heteroatoms. The van der Waals surface area contributed by atoms with Crippen LogP contribution in [0.4, 0.5) is 5.69 Å². The maximum Gasteiger partial charge on any atom is 0.336 e. The standard InChI is InChI=1S/C20H16N6O2/c1-11-2-7-16-14(8-11)15(20(27)28)9-17(24-16)12-3-5-13(6-4-12)25-26-18(10-21)19(22)23/h2-9,25H,1H3,(H3,22,23)(H,27,28)/b26-18+. The van der Waals surface area contributed by atoms with Crippen LogP contribution < -0.4 is 11.2 Å². The van der Waals surface area contributed by atoms with Gasteiger partial charge in [0.15, 0.2) is 5.84 Å². The molecule has 0 amide bonds. The number of hydrogen-bond acceptors (Lipinski definition) is 6. The predicted molar refractivity (Wildman–Crippen MR) is 107 cm³/mol. The highest BCUT2D eigenvalue weighted by Gasteiger charge is 2.13. The molecule has 0 saturated heterocycles. The Morgan fingerprint density at radius 3 is 2.57 bits per heavy atom. The summed E-state index contributed by atoms with van der Waals surface area (Å²) in [5.74, 6) is -1.44. The number of fused-ring (bicyclic) bond motifs is 1. The number of hydrazone groups is 1. The number of benzene rings is 2. The molecule has 8 nitrogen and oxygen atoms in total. The molecule has 2 aromatic carbocycles. The van der Waals surface area contributed by atoms with Gasteiger partial charge < -0.3 is 10.8 Å². The van der Waals surface area contributed by atoms with Crippen molar-refractivity contribution in [1.82, 2.24) is 4.98 Å². The number of aromatic nitrogens is 1. The van der Waals surface area contributed by atoms with Gasteiger partial charge >= 0.3 is 5.97 Å². The Hall–Kier alpha value is -4.25. The molecule has 1 aromatic heterocycles. The molecular weight excluding hydrogens is 356 g/mol. The quantitative estimate of drug-likeness (QED) is 0.307. The minimum Gasteiger partial charge on any atom is -0.478 e. The molecule has 28 heavy (non-hydrogen) atoms. The second-order valence-corrected chi connectivity index (χ2v) is 6.06. The van der Waals surface area contributed by atoms with E-state index >= 15 is 0 Å². The van der Waals surface area contributed by atoms with E-state index in [0.717, 1.165) is 11.1 Å². The van der Waals surface area contributed by atoms with Gasteiger partial charge in [-0.05, 0) is 37.3 Å². The van der Waals surface area contributed by atoms with Gasteiger partial charge in [0.1, 0.15) is 6.07 Å². The van der Waals surface area contributed by atoms with Crippen LogP contribution in [0.1, 0.15) is 15.9 Å². The molecule has 5 N–H and O–H groups in total. The lowest BCUT2D eigenvalue weighted by atomic mass is 10.0. The summed E-state index contributed by atoms with van der Waals surface area (Å²) >= 11 is 0. The summed E-state index contributed by atoms with van der Waals surface area (Å²) in [6.45, 7) is 1.90. The molecule has 0 atom stereocenters. The number of nitrogens with two attached hydrogens (primary N) is 1. The number of aromatic carboxylic acids is 1. The fraction of sp³-hybridized carbons (Fsp3) is 0.0500. The Kier molecular flexibility index (Phi) is 5.00. The second-order valence-electron chi connectivity index (χ2n) is 6.06. The third kappa shape index (κ3) is 3.78. The number of carbonyl (C=O) groups is 1. The fourth-order valence-electron chi connectivity index (χ4n) is 2.65. The van der Waals surface area contributed by atoms with Crippen molar-refractivity contribution >= 4 is 34.1 Å². The van der Waals surface area contributed by atoms with Crippen LogP contribution in [-0.2, 0) is 0 Å². The van der Waals surface area contributed by atoms with Crippen molar-refractivity contribution in [1.29, 1.82) is 10.7 Å². The summed E-state index contributed by atoms with van der Waals surface area (Å²) in [7, 11) is 0. The molecule has 3 aromatic rings. The third-order valence-electron chi connectivity index (χ3n) is 4.03. The molecule has 1 heterocycles. The Labute approximate surface area is 160 Å². The second kappa shape index (κ2) is 7.55. The van der Waals surface area contributed by atoms with Crippen molar-refractivity contribution in [2.24, 2.45) is 10.8 Å². The maximum absolute atomic E-state index is 11.7. The Balaban J connectivity index is 1.97. The molecule has 138 valence electrons. The molecule has 0 spiro atoms. The van der Waals surface area contributed by atoms with Crippen LogP contribution in [0.5, 0.6) is 0 Å². The van der Waals surface area contributed by atoms with Crippen LogP contribution in [0.25, 0.3) is 22.2 Å². The number of nitrogens with zero attached hydrogens (tertiary/aromatic N) is 3. The number of carboxylic acids is 1. The molecule has 0 fully saturated rings. The number of hydrogen-bond donors (Lipinski definition) is 4. The normalized spacial score (nSPS) is 11.1. The lowest BCUT2D eigenvalue weighted by Crippen LogP contribution is -2.21. The third-order valence-corrected chi connectivity index (χ3v) is 4.03. The SMILES string of the molecule is Cc1ccc2nc(-c3ccc(N/N=C(\C#N)C(=N)N)cc3)cc(C(=O)O)c2c1. The van der Waals surface area contributed by atoms with Crippen molar-refractivity contribution in [2.75, 3.05) is 5.43 Å². The Morgan fingerprint density at radius 2 is 1.96 bits per heavy atom. The summed E-state index contributed by atoms with van der Waals surface area (Å²) in [5, 5.41) is 30.0. The molecule has 0 unspecified atom stereocenters. The largest absolute Gasteiger partial charge is 0.478 e. The van der Waals surface area contributed by atoms with E-state index in [1.54, 1.807) is 42.5 Å². The minimum absolute atomic E-state index is 0.190. The minimum atomic E-state index is -1.01. The monoisotopic (exact) mass is 372 g/mol. The van der Waals surface area contributed by atoms with Crippen LogP contribution in [0, 0.1) is 23.7 Å². The van der Waals surface area contributed by atoms with Gasteiger partial charge in [0.25, 0.3) is 0 Å². The fourth-order valence-corrected chi connectivity index (χ4v) is 2.65. The number of nitriles is 1. The number of anilines is 1. The molecule has 0 aliphatic heterocycles. The van der Waals surface area contributed by atoms with Crippen molar-refractivity contribution in [3.05, 3.63) is 59.7 Å². The number of aryl methyl sites for hydroxylation is 1. The number of pyridine rings is 1. The average molecular weight is 372 g/mol. The first kappa shape index (κ1) is 18.5. The summed E-state index contributed by atoms with van der Waals surface area (Å²) in [6.07, 6.45) is 0. The summed E-state index contributed by atoms with van der Waals surface area (Å²) < 4.78 is 0. The predicted octanol–water partition coefficient (Wildman–Crippen LogP) is 3.14. The van der Waals surface area contributed by atoms with Gasteiger partial charge in [-0.3, -0.25) is 10.8 Å². The Bertz CT molecular complexity index is 1160. The van der Waals surface area contributed by atoms with E-state index < -0.39 is 11.8 Å². The average Bonchev–Trinajstić information content (AvgIpc) is 2.67. The smallest absolute Gasteiger partial charge is 0.336 e. The van der Waals surface area contributed by atoms with Crippen LogP contribution >= 0.6 is 0 Å². The van der Waals surface area contributed by atoms with E-state index in [-0.39, 0.29) is 11.3 Å². The van der Waals surface area contributed by atoms with Gasteiger partial charge in [-0.2, -0.15) is 10.4 Å². The van der Waals surface area contributed by atoms with Gasteiger partial charge in [0.05, 0.1) is 22.5 Å². The van der Waals surface area contributed by atoms with Crippen molar-refractivity contribution < 1.29 is 9.90 Å². The highest BCUT2D eigenvalue weighted by atomic mass is 16.4. The topological polar surface area (TPSA) is 148 Å². The first-order chi connectivity index (χ1) is 13.4. The molecule has 0 aliphatic carbocycles. The van der Waals surface area contributed by atoms with E-state index in [4.69, 9.17) is 16.4 Å². The van der Waals surface area contributed by atoms with E-state index in [9.17, 15) is 9.90 Å². The van der Waals surface area contributed by atoms with Crippen molar-refractivity contribution in [3.8, 4) is 17.3 Å². The number of rotatable bonds is 5. The lowest BCUT2D eigenvalue weighted by Gasteiger charge is -2.09. The highest BCUT2D eigenvalue weighted by Crippen LogP contribution is 2.26. The molecule has 0 bridgehead atoms. The number of amidine groups is 1. The number of carboxylic acid groups (broad SMARTS) is 1. The van der Waals surface area contributed by atoms with Crippen molar-refractivity contribution in [2.45, 2.75) is 6.92 Å². The van der Waals surface area contributed by atoms with Crippen LogP contribution in [0.2, 0.25) is 0 Å². The molecular formula is C20H16N6O2. The van der Waals surface area contributed by atoms with Gasteiger partial charge in [0, 0.05) is 10.9 Å². The first-order valence-corrected chi connectivity index (χ1v) is 8.22. The van der Waals surface area contributed by atoms with Gasteiger partial charge in [-0.1, -0.05) is 23.8 Å². The summed E-state index contributed by atoms with van der Waals surface area (Å²) in [6, 6.07) is 15.7. The zero-order chi connectivity index (χ0) is 20.3. The van der Waals surface area contributed by atoms with E-state index in [2.05, 4.69) is 15.5 Å². The van der Waals surface area contributed by atoms with Crippen LogP contribution in [0.15, 0.2) is 53.6 Å². The van der Waals surface area contributed by atoms with Gasteiger partial charge in [-0.25, -0.2) is 9.78 Å². The van der Waals surface area contributed by atoms with Gasteiger partial charge in [-0.15, -0.1) is 0 Å². The van der Waals surface area contributed by atoms with E-state index in [1.807, 2.05) is 19.1 Å². The van der Waals surface area contributed by atoms with Crippen LogP contribution in [-0.4, -0.2) is 27.6 Å². The Morgan fingerprint density at radius 1 is 1.25 bits per heavy atom. The van der Waals surface area contributed by atoms with E-state index in [0.29, 0.717) is 22.3 Å². The lowest BCUT2D eigenvalue weighted by molar-refractivity contribution is 0.0699. The van der Waals surface area contributed by atoms with Gasteiger partial charge in [0.2, 0.25) is 5.71 Å². The summed E-state index contributed by atoms with van der Waals surface area (Å²) in [5.41, 5.74) is 11.3. The first-order valence-electron chi connectivity index (χ1n) is 8.22. The highest BCUT2D eigenvalue weighted by molar-refractivity contribution is 6.45. The van der Waals surface area contributed by atoms with E-state index in [1.165, 1.54) is 0 Å². The zero-order valence-electron chi connectivity index (χ0n) is 14.9.